The lowest BCUT2D eigenvalue weighted by atomic mass is 9.92. The van der Waals surface area contributed by atoms with Crippen LogP contribution in [0.4, 0.5) is 4.79 Å². The number of aromatic nitrogens is 1. The van der Waals surface area contributed by atoms with E-state index in [-0.39, 0.29) is 12.3 Å². The normalized spacial score (nSPS) is 19.4. The summed E-state index contributed by atoms with van der Waals surface area (Å²) in [5.74, 6) is -0.731. The van der Waals surface area contributed by atoms with E-state index in [2.05, 4.69) is 10.3 Å². The molecule has 1 aliphatic rings. The summed E-state index contributed by atoms with van der Waals surface area (Å²) in [6.45, 7) is 9.13. The molecule has 2 aromatic rings. The molecule has 140 valence electrons. The van der Waals surface area contributed by atoms with E-state index in [1.54, 1.807) is 31.3 Å². The van der Waals surface area contributed by atoms with E-state index in [9.17, 15) is 14.4 Å². The summed E-state index contributed by atoms with van der Waals surface area (Å²) in [4.78, 5) is 43.4. The van der Waals surface area contributed by atoms with Crippen molar-refractivity contribution in [3.05, 3.63) is 64.0 Å². The predicted octanol–water partition coefficient (Wildman–Crippen LogP) is 2.97. The second-order valence-corrected chi connectivity index (χ2v) is 7.20. The molecule has 1 aliphatic heterocycles. The zero-order valence-corrected chi connectivity index (χ0v) is 16.2. The SMILES string of the molecule is Cc1cc(C(=O)CN2C(=O)N[C@](C)(c3ccccn3)C2=O)c(C)c(C)c1C. The molecule has 0 saturated carbocycles. The van der Waals surface area contributed by atoms with Gasteiger partial charge >= 0.3 is 6.03 Å². The standard InChI is InChI=1S/C21H23N3O3/c1-12-10-16(15(4)14(3)13(12)2)17(25)11-24-19(26)21(5,23-20(24)27)18-8-6-7-9-22-18/h6-10H,11H2,1-5H3,(H,23,27)/t21-/m1/s1. The van der Waals surface area contributed by atoms with Gasteiger partial charge in [0.05, 0.1) is 12.2 Å². The second kappa shape index (κ2) is 6.61. The molecular formula is C21H23N3O3. The molecule has 1 saturated heterocycles. The molecule has 0 spiro atoms. The average molecular weight is 365 g/mol. The molecule has 0 radical (unpaired) electrons. The van der Waals surface area contributed by atoms with Gasteiger partial charge in [-0.05, 0) is 75.1 Å². The molecule has 6 heteroatoms. The number of imide groups is 1. The fourth-order valence-electron chi connectivity index (χ4n) is 3.40. The quantitative estimate of drug-likeness (QED) is 0.667. The van der Waals surface area contributed by atoms with E-state index < -0.39 is 17.5 Å². The predicted molar refractivity (Wildman–Crippen MR) is 102 cm³/mol. The lowest BCUT2D eigenvalue weighted by Crippen LogP contribution is -2.42. The van der Waals surface area contributed by atoms with E-state index >= 15 is 0 Å². The van der Waals surface area contributed by atoms with Crippen molar-refractivity contribution in [3.8, 4) is 0 Å². The number of pyridine rings is 1. The number of ketones is 1. The van der Waals surface area contributed by atoms with Crippen LogP contribution in [0.25, 0.3) is 0 Å². The minimum Gasteiger partial charge on any atom is -0.318 e. The summed E-state index contributed by atoms with van der Waals surface area (Å²) >= 11 is 0. The third-order valence-electron chi connectivity index (χ3n) is 5.54. The van der Waals surface area contributed by atoms with Crippen LogP contribution in [0, 0.1) is 27.7 Å². The fraction of sp³-hybridized carbons (Fsp3) is 0.333. The molecule has 1 N–H and O–H groups in total. The number of Topliss-reactive ketones (excluding diaryl/α,β-unsaturated/α-hetero) is 1. The average Bonchev–Trinajstić information content (AvgIpc) is 2.87. The molecule has 1 fully saturated rings. The Kier molecular flexibility index (Phi) is 4.59. The van der Waals surface area contributed by atoms with Crippen LogP contribution in [-0.2, 0) is 10.3 Å². The summed E-state index contributed by atoms with van der Waals surface area (Å²) in [5.41, 5.74) is 3.79. The van der Waals surface area contributed by atoms with Gasteiger partial charge in [0, 0.05) is 11.8 Å². The largest absolute Gasteiger partial charge is 0.325 e. The van der Waals surface area contributed by atoms with Gasteiger partial charge in [-0.1, -0.05) is 6.07 Å². The summed E-state index contributed by atoms with van der Waals surface area (Å²) in [7, 11) is 0. The highest BCUT2D eigenvalue weighted by Gasteiger charge is 2.50. The third-order valence-corrected chi connectivity index (χ3v) is 5.54. The molecule has 0 aliphatic carbocycles. The van der Waals surface area contributed by atoms with Gasteiger partial charge in [-0.15, -0.1) is 0 Å². The zero-order chi connectivity index (χ0) is 19.9. The summed E-state index contributed by atoms with van der Waals surface area (Å²) < 4.78 is 0. The number of hydrogen-bond acceptors (Lipinski definition) is 4. The van der Waals surface area contributed by atoms with Crippen molar-refractivity contribution in [1.82, 2.24) is 15.2 Å². The van der Waals surface area contributed by atoms with Gasteiger partial charge in [0.15, 0.2) is 11.3 Å². The fourth-order valence-corrected chi connectivity index (χ4v) is 3.40. The zero-order valence-electron chi connectivity index (χ0n) is 16.2. The van der Waals surface area contributed by atoms with Gasteiger partial charge in [0.1, 0.15) is 0 Å². The topological polar surface area (TPSA) is 79.4 Å². The number of rotatable bonds is 4. The molecule has 0 bridgehead atoms. The van der Waals surface area contributed by atoms with Crippen molar-refractivity contribution >= 4 is 17.7 Å². The molecule has 1 aromatic heterocycles. The molecule has 1 aromatic carbocycles. The van der Waals surface area contributed by atoms with Crippen LogP contribution in [-0.4, -0.2) is 34.2 Å². The highest BCUT2D eigenvalue weighted by atomic mass is 16.2. The van der Waals surface area contributed by atoms with Crippen LogP contribution in [0.15, 0.2) is 30.5 Å². The van der Waals surface area contributed by atoms with Gasteiger partial charge in [0.2, 0.25) is 0 Å². The molecular weight excluding hydrogens is 342 g/mol. The molecule has 3 rings (SSSR count). The number of hydrogen-bond donors (Lipinski definition) is 1. The Hall–Kier alpha value is -3.02. The Morgan fingerprint density at radius 1 is 1.11 bits per heavy atom. The third kappa shape index (κ3) is 3.01. The van der Waals surface area contributed by atoms with Crippen LogP contribution in [0.1, 0.15) is 45.2 Å². The first-order valence-electron chi connectivity index (χ1n) is 8.83. The Labute approximate surface area is 158 Å². The lowest BCUT2D eigenvalue weighted by Gasteiger charge is -2.21. The van der Waals surface area contributed by atoms with E-state index in [1.165, 1.54) is 0 Å². The molecule has 2 heterocycles. The van der Waals surface area contributed by atoms with Gasteiger partial charge < -0.3 is 5.32 Å². The van der Waals surface area contributed by atoms with Crippen LogP contribution in [0.3, 0.4) is 0 Å². The molecule has 0 unspecified atom stereocenters. The summed E-state index contributed by atoms with van der Waals surface area (Å²) in [5, 5.41) is 2.67. The number of aryl methyl sites for hydroxylation is 1. The Morgan fingerprint density at radius 2 is 1.81 bits per heavy atom. The number of benzene rings is 1. The van der Waals surface area contributed by atoms with Gasteiger partial charge in [-0.2, -0.15) is 0 Å². The van der Waals surface area contributed by atoms with Crippen LogP contribution >= 0.6 is 0 Å². The number of carbonyl (C=O) groups excluding carboxylic acids is 3. The van der Waals surface area contributed by atoms with Crippen LogP contribution < -0.4 is 5.32 Å². The lowest BCUT2D eigenvalue weighted by molar-refractivity contribution is -0.130. The second-order valence-electron chi connectivity index (χ2n) is 7.20. The Morgan fingerprint density at radius 3 is 2.44 bits per heavy atom. The summed E-state index contributed by atoms with van der Waals surface area (Å²) in [6, 6.07) is 6.42. The van der Waals surface area contributed by atoms with Crippen molar-refractivity contribution in [2.45, 2.75) is 40.2 Å². The minimum atomic E-state index is -1.27. The first kappa shape index (κ1) is 18.8. The first-order valence-corrected chi connectivity index (χ1v) is 8.83. The number of nitrogens with zero attached hydrogens (tertiary/aromatic N) is 2. The Bertz CT molecular complexity index is 953. The summed E-state index contributed by atoms with van der Waals surface area (Å²) in [6.07, 6.45) is 1.56. The van der Waals surface area contributed by atoms with Gasteiger partial charge in [0.25, 0.3) is 5.91 Å². The molecule has 3 amide bonds. The molecule has 1 atom stereocenters. The van der Waals surface area contributed by atoms with E-state index in [1.807, 2.05) is 33.8 Å². The highest BCUT2D eigenvalue weighted by Crippen LogP contribution is 2.28. The van der Waals surface area contributed by atoms with E-state index in [0.717, 1.165) is 27.2 Å². The van der Waals surface area contributed by atoms with Gasteiger partial charge in [-0.25, -0.2) is 4.79 Å². The van der Waals surface area contributed by atoms with Crippen molar-refractivity contribution in [1.29, 1.82) is 0 Å². The molecule has 6 nitrogen and oxygen atoms in total. The van der Waals surface area contributed by atoms with E-state index in [4.69, 9.17) is 0 Å². The number of amides is 3. The smallest absolute Gasteiger partial charge is 0.318 e. The van der Waals surface area contributed by atoms with Crippen molar-refractivity contribution in [2.75, 3.05) is 6.54 Å². The maximum atomic E-state index is 12.9. The number of carbonyl (C=O) groups is 3. The van der Waals surface area contributed by atoms with E-state index in [0.29, 0.717) is 11.3 Å². The Balaban J connectivity index is 1.90. The van der Waals surface area contributed by atoms with Crippen molar-refractivity contribution < 1.29 is 14.4 Å². The van der Waals surface area contributed by atoms with Crippen molar-refractivity contribution in [2.24, 2.45) is 0 Å². The molecule has 27 heavy (non-hydrogen) atoms. The van der Waals surface area contributed by atoms with Crippen molar-refractivity contribution in [3.63, 3.8) is 0 Å². The highest BCUT2D eigenvalue weighted by molar-refractivity contribution is 6.11. The minimum absolute atomic E-state index is 0.257. The van der Waals surface area contributed by atoms with Gasteiger partial charge in [-0.3, -0.25) is 19.5 Å². The maximum absolute atomic E-state index is 12.9. The number of nitrogens with one attached hydrogen (secondary N) is 1. The number of urea groups is 1. The maximum Gasteiger partial charge on any atom is 0.325 e. The van der Waals surface area contributed by atoms with Crippen LogP contribution in [0.2, 0.25) is 0 Å². The monoisotopic (exact) mass is 365 g/mol. The van der Waals surface area contributed by atoms with Crippen LogP contribution in [0.5, 0.6) is 0 Å². The first-order chi connectivity index (χ1) is 12.7.